The van der Waals surface area contributed by atoms with Gasteiger partial charge in [-0.15, -0.1) is 5.54 Å². The van der Waals surface area contributed by atoms with Gasteiger partial charge in [-0.1, -0.05) is 49.8 Å². The van der Waals surface area contributed by atoms with E-state index in [1.54, 1.807) is 13.8 Å². The van der Waals surface area contributed by atoms with E-state index in [9.17, 15) is 4.79 Å². The van der Waals surface area contributed by atoms with Crippen molar-refractivity contribution in [2.24, 2.45) is 0 Å². The molecule has 1 aliphatic heterocycles. The smallest absolute Gasteiger partial charge is 0.355 e. The third kappa shape index (κ3) is 5.22. The molecule has 0 aliphatic carbocycles. The summed E-state index contributed by atoms with van der Waals surface area (Å²) >= 11 is 0. The number of carbonyl (C=O) groups excluding carboxylic acids is 1. The molecule has 2 atom stereocenters. The average Bonchev–Trinajstić information content (AvgIpc) is 2.75. The van der Waals surface area contributed by atoms with E-state index >= 15 is 0 Å². The minimum absolute atomic E-state index is 0.500. The molecule has 0 amide bonds. The van der Waals surface area contributed by atoms with Crippen molar-refractivity contribution in [1.29, 1.82) is 0 Å². The number of hydrogen-bond donors (Lipinski definition) is 0. The second-order valence-electron chi connectivity index (χ2n) is 9.59. The minimum atomic E-state index is -1.77. The number of esters is 1. The maximum atomic E-state index is 13.4. The van der Waals surface area contributed by atoms with Crippen molar-refractivity contribution >= 4 is 14.0 Å². The number of benzene rings is 1. The zero-order chi connectivity index (χ0) is 20.7. The fraction of sp³-hybridized carbons (Fsp3) is 0.591. The van der Waals surface area contributed by atoms with Gasteiger partial charge in [-0.25, -0.2) is 4.79 Å². The first-order valence-corrected chi connectivity index (χ1v) is 12.9. The maximum absolute atomic E-state index is 13.4. The first-order valence-electron chi connectivity index (χ1n) is 9.37. The van der Waals surface area contributed by atoms with Crippen LogP contribution in [0.1, 0.15) is 51.8 Å². The lowest BCUT2D eigenvalue weighted by atomic mass is 9.89. The van der Waals surface area contributed by atoms with E-state index in [4.69, 9.17) is 14.2 Å². The molecule has 1 aliphatic rings. The normalized spacial score (nSPS) is 24.9. The lowest BCUT2D eigenvalue weighted by Gasteiger charge is -2.31. The molecule has 0 bridgehead atoms. The van der Waals surface area contributed by atoms with Crippen LogP contribution in [-0.4, -0.2) is 31.0 Å². The molecule has 148 valence electrons. The Hall–Kier alpha value is -1.61. The van der Waals surface area contributed by atoms with Crippen LogP contribution in [0.15, 0.2) is 24.3 Å². The molecule has 4 nitrogen and oxygen atoms in total. The predicted octanol–water partition coefficient (Wildman–Crippen LogP) is 4.78. The van der Waals surface area contributed by atoms with E-state index in [0.29, 0.717) is 0 Å². The zero-order valence-corrected chi connectivity index (χ0v) is 19.0. The summed E-state index contributed by atoms with van der Waals surface area (Å²) in [6, 6.07) is 7.85. The molecule has 0 spiro atoms. The van der Waals surface area contributed by atoms with Crippen LogP contribution in [-0.2, 0) is 19.0 Å². The molecule has 0 N–H and O–H groups in total. The van der Waals surface area contributed by atoms with Gasteiger partial charge in [-0.05, 0) is 52.7 Å². The van der Waals surface area contributed by atoms with Gasteiger partial charge in [-0.3, -0.25) is 0 Å². The van der Waals surface area contributed by atoms with Crippen LogP contribution in [0.5, 0.6) is 0 Å². The highest BCUT2D eigenvalue weighted by molar-refractivity contribution is 6.83. The Labute approximate surface area is 164 Å². The van der Waals surface area contributed by atoms with Gasteiger partial charge in [0.05, 0.1) is 0 Å². The number of rotatable bonds is 2. The molecule has 1 saturated heterocycles. The maximum Gasteiger partial charge on any atom is 0.355 e. The summed E-state index contributed by atoms with van der Waals surface area (Å²) in [6.45, 7) is 17.5. The Morgan fingerprint density at radius 2 is 1.78 bits per heavy atom. The Morgan fingerprint density at radius 3 is 2.30 bits per heavy atom. The molecule has 0 unspecified atom stereocenters. The third-order valence-corrected chi connectivity index (χ3v) is 4.85. The average molecular weight is 389 g/mol. The van der Waals surface area contributed by atoms with E-state index in [1.165, 1.54) is 0 Å². The number of ether oxygens (including phenoxy) is 3. The van der Waals surface area contributed by atoms with E-state index in [1.807, 2.05) is 52.0 Å². The second-order valence-corrected chi connectivity index (χ2v) is 14.3. The topological polar surface area (TPSA) is 44.8 Å². The molecule has 1 aromatic carbocycles. The van der Waals surface area contributed by atoms with Crippen molar-refractivity contribution in [2.45, 2.75) is 84.3 Å². The van der Waals surface area contributed by atoms with Crippen molar-refractivity contribution < 1.29 is 19.0 Å². The van der Waals surface area contributed by atoms with Crippen molar-refractivity contribution in [3.05, 3.63) is 35.4 Å². The molecule has 1 aromatic rings. The quantitative estimate of drug-likeness (QED) is 0.415. The molecule has 0 radical (unpaired) electrons. The lowest BCUT2D eigenvalue weighted by Crippen LogP contribution is -2.47. The molecular weight excluding hydrogens is 356 g/mol. The van der Waals surface area contributed by atoms with Gasteiger partial charge >= 0.3 is 5.97 Å². The molecule has 0 aromatic heterocycles. The number of hydrogen-bond acceptors (Lipinski definition) is 4. The van der Waals surface area contributed by atoms with Gasteiger partial charge in [0.2, 0.25) is 0 Å². The Kier molecular flexibility index (Phi) is 5.69. The fourth-order valence-electron chi connectivity index (χ4n) is 2.92. The van der Waals surface area contributed by atoms with Crippen LogP contribution < -0.4 is 0 Å². The SMILES string of the molecule is Cc1ccccc1[C@H]1OC(C)(C)O[C@]1(C#C[Si](C)(C)C)C(=O)OC(C)(C)C. The van der Waals surface area contributed by atoms with Crippen LogP contribution in [0.25, 0.3) is 0 Å². The summed E-state index contributed by atoms with van der Waals surface area (Å²) < 4.78 is 18.2. The molecule has 27 heavy (non-hydrogen) atoms. The first kappa shape index (κ1) is 21.7. The molecule has 2 rings (SSSR count). The van der Waals surface area contributed by atoms with E-state index in [0.717, 1.165) is 11.1 Å². The van der Waals surface area contributed by atoms with Crippen molar-refractivity contribution in [2.75, 3.05) is 0 Å². The van der Waals surface area contributed by atoms with Gasteiger partial charge in [0.1, 0.15) is 19.8 Å². The van der Waals surface area contributed by atoms with Gasteiger partial charge in [0, 0.05) is 0 Å². The summed E-state index contributed by atoms with van der Waals surface area (Å²) in [5.41, 5.74) is 3.07. The zero-order valence-electron chi connectivity index (χ0n) is 18.0. The number of carbonyl (C=O) groups is 1. The van der Waals surface area contributed by atoms with Crippen molar-refractivity contribution in [3.8, 4) is 11.5 Å². The van der Waals surface area contributed by atoms with E-state index in [2.05, 4.69) is 31.1 Å². The molecule has 1 heterocycles. The minimum Gasteiger partial charge on any atom is -0.457 e. The largest absolute Gasteiger partial charge is 0.457 e. The highest BCUT2D eigenvalue weighted by Crippen LogP contribution is 2.47. The van der Waals surface area contributed by atoms with Crippen LogP contribution in [0, 0.1) is 18.4 Å². The van der Waals surface area contributed by atoms with Crippen molar-refractivity contribution in [3.63, 3.8) is 0 Å². The third-order valence-electron chi connectivity index (χ3n) is 3.97. The van der Waals surface area contributed by atoms with Gasteiger partial charge in [0.25, 0.3) is 5.60 Å². The molecular formula is C22H32O4Si. The van der Waals surface area contributed by atoms with Crippen molar-refractivity contribution in [1.82, 2.24) is 0 Å². The van der Waals surface area contributed by atoms with Crippen LogP contribution in [0.4, 0.5) is 0 Å². The van der Waals surface area contributed by atoms with Crippen LogP contribution >= 0.6 is 0 Å². The summed E-state index contributed by atoms with van der Waals surface area (Å²) in [7, 11) is -1.77. The van der Waals surface area contributed by atoms with Gasteiger partial charge in [0.15, 0.2) is 5.79 Å². The Balaban J connectivity index is 2.68. The van der Waals surface area contributed by atoms with Crippen LogP contribution in [0.3, 0.4) is 0 Å². The standard InChI is InChI=1S/C22H32O4Si/c1-16-12-10-11-13-17(16)18-22(14-15-27(7,8)9,26-21(5,6)24-18)19(23)25-20(2,3)4/h10-13,18H,1-9H3/t18-,22+/m1/s1. The van der Waals surface area contributed by atoms with Gasteiger partial charge in [-0.2, -0.15) is 0 Å². The Bertz CT molecular complexity index is 774. The fourth-order valence-corrected chi connectivity index (χ4v) is 3.48. The highest BCUT2D eigenvalue weighted by Gasteiger charge is 2.60. The molecule has 5 heteroatoms. The summed E-state index contributed by atoms with van der Waals surface area (Å²) in [5.74, 6) is 1.72. The first-order chi connectivity index (χ1) is 12.2. The second kappa shape index (κ2) is 7.09. The van der Waals surface area contributed by atoms with Gasteiger partial charge < -0.3 is 14.2 Å². The predicted molar refractivity (Wildman–Crippen MR) is 110 cm³/mol. The molecule has 1 fully saturated rings. The summed E-state index contributed by atoms with van der Waals surface area (Å²) in [6.07, 6.45) is -0.660. The van der Waals surface area contributed by atoms with E-state index in [-0.39, 0.29) is 0 Å². The van der Waals surface area contributed by atoms with E-state index < -0.39 is 37.1 Å². The van der Waals surface area contributed by atoms with Crippen LogP contribution in [0.2, 0.25) is 19.6 Å². The highest BCUT2D eigenvalue weighted by atomic mass is 28.3. The Morgan fingerprint density at radius 1 is 1.19 bits per heavy atom. The lowest BCUT2D eigenvalue weighted by molar-refractivity contribution is -0.188. The summed E-state index contributed by atoms with van der Waals surface area (Å²) in [5, 5.41) is 0. The molecule has 0 saturated carbocycles. The number of aryl methyl sites for hydroxylation is 1. The summed E-state index contributed by atoms with van der Waals surface area (Å²) in [4.78, 5) is 13.4. The monoisotopic (exact) mass is 388 g/mol.